The van der Waals surface area contributed by atoms with Crippen molar-refractivity contribution in [1.29, 1.82) is 0 Å². The first-order valence-corrected chi connectivity index (χ1v) is 15.2. The lowest BCUT2D eigenvalue weighted by molar-refractivity contribution is -0.184. The summed E-state index contributed by atoms with van der Waals surface area (Å²) in [6.45, 7) is 4.63. The number of aryl methyl sites for hydroxylation is 1. The molecule has 0 saturated carbocycles. The Morgan fingerprint density at radius 1 is 1.09 bits per heavy atom. The van der Waals surface area contributed by atoms with Crippen LogP contribution >= 0.6 is 11.8 Å². The Bertz CT molecular complexity index is 1520. The number of likely N-dealkylation sites (N-methyl/N-ethyl adjacent to an activating group) is 1. The summed E-state index contributed by atoms with van der Waals surface area (Å²) in [5.74, 6) is -0.431. The molecular formula is C30H37N3O9S. The lowest BCUT2D eigenvalue weighted by atomic mass is 9.73. The Labute approximate surface area is 253 Å². The Morgan fingerprint density at radius 2 is 1.77 bits per heavy atom. The highest BCUT2D eigenvalue weighted by Crippen LogP contribution is 2.63. The number of nitrogens with zero attached hydrogens (tertiary/aromatic N) is 2. The number of fused-ring (bicyclic) bond motifs is 7. The van der Waals surface area contributed by atoms with Crippen LogP contribution in [0.25, 0.3) is 0 Å². The van der Waals surface area contributed by atoms with Crippen LogP contribution in [-0.2, 0) is 20.7 Å². The Morgan fingerprint density at radius 3 is 2.42 bits per heavy atom. The number of ether oxygens (including phenoxy) is 4. The maximum absolute atomic E-state index is 12.8. The number of hydrogen-bond donors (Lipinski definition) is 4. The maximum Gasteiger partial charge on any atom is 0.323 e. The quantitative estimate of drug-likeness (QED) is 0.293. The van der Waals surface area contributed by atoms with Crippen LogP contribution in [0.15, 0.2) is 6.07 Å². The molecule has 0 unspecified atom stereocenters. The molecule has 4 aliphatic heterocycles. The van der Waals surface area contributed by atoms with Gasteiger partial charge in [-0.05, 0) is 38.4 Å². The minimum Gasteiger partial charge on any atom is -0.504 e. The van der Waals surface area contributed by atoms with Crippen molar-refractivity contribution in [3.63, 3.8) is 0 Å². The zero-order valence-electron chi connectivity index (χ0n) is 24.9. The van der Waals surface area contributed by atoms with Gasteiger partial charge in [-0.2, -0.15) is 0 Å². The second-order valence-corrected chi connectivity index (χ2v) is 12.8. The number of piperazine rings is 1. The molecule has 6 rings (SSSR count). The van der Waals surface area contributed by atoms with Gasteiger partial charge in [-0.3, -0.25) is 19.4 Å². The molecule has 232 valence electrons. The normalized spacial score (nSPS) is 30.0. The summed E-state index contributed by atoms with van der Waals surface area (Å²) < 4.78 is 22.7. The molecule has 0 spiro atoms. The molecule has 0 radical (unpaired) electrons. The molecule has 2 fully saturated rings. The molecule has 2 aromatic carbocycles. The monoisotopic (exact) mass is 615 g/mol. The van der Waals surface area contributed by atoms with Gasteiger partial charge in [-0.1, -0.05) is 6.07 Å². The number of benzene rings is 2. The van der Waals surface area contributed by atoms with Gasteiger partial charge in [-0.25, -0.2) is 0 Å². The van der Waals surface area contributed by atoms with Gasteiger partial charge in [0.05, 0.1) is 37.6 Å². The molecule has 43 heavy (non-hydrogen) atoms. The summed E-state index contributed by atoms with van der Waals surface area (Å²) >= 11 is 1.35. The molecule has 4 aliphatic rings. The number of hydrogen-bond acceptors (Lipinski definition) is 13. The van der Waals surface area contributed by atoms with E-state index in [4.69, 9.17) is 24.7 Å². The standard InChI is InChI=1S/C30H37N3O9S/c1-11-7-14-8-16-29(37)33-17-9-41-30(38)15(31)10-43-28(22(33)21(32(16)4)18(14)23(35)25(11)39-5)20-19(17)24(36)27(40-6)12(2)26(20)42-13(3)34/h7,15-17,21-22,28-29,35-37H,8-10,31H2,1-6H3/t15-,16+,17-,21-,22+,28+,29-/m0/s1. The number of aliphatic hydroxyl groups excluding tert-OH is 1. The first kappa shape index (κ1) is 29.8. The number of nitrogens with two attached hydrogens (primary N) is 1. The first-order chi connectivity index (χ1) is 20.4. The number of cyclic esters (lactones) is 1. The summed E-state index contributed by atoms with van der Waals surface area (Å²) in [4.78, 5) is 29.2. The van der Waals surface area contributed by atoms with Crippen LogP contribution in [0.4, 0.5) is 0 Å². The van der Waals surface area contributed by atoms with Crippen LogP contribution in [-0.4, -0.2) is 95.0 Å². The van der Waals surface area contributed by atoms with E-state index in [0.29, 0.717) is 34.4 Å². The Balaban J connectivity index is 1.69. The number of carbonyl (C=O) groups is 2. The number of methoxy groups -OCH3 is 2. The summed E-state index contributed by atoms with van der Waals surface area (Å²) in [6.07, 6.45) is -0.615. The Hall–Kier alpha value is -3.23. The molecule has 12 nitrogen and oxygen atoms in total. The first-order valence-electron chi connectivity index (χ1n) is 14.1. The predicted octanol–water partition coefficient (Wildman–Crippen LogP) is 1.97. The van der Waals surface area contributed by atoms with Gasteiger partial charge < -0.3 is 40.0 Å². The van der Waals surface area contributed by atoms with E-state index in [1.165, 1.54) is 32.9 Å². The lowest BCUT2D eigenvalue weighted by Gasteiger charge is -2.62. The van der Waals surface area contributed by atoms with Crippen molar-refractivity contribution in [2.24, 2.45) is 5.73 Å². The summed E-state index contributed by atoms with van der Waals surface area (Å²) in [7, 11) is 4.84. The molecule has 4 heterocycles. The van der Waals surface area contributed by atoms with E-state index in [2.05, 4.69) is 4.90 Å². The van der Waals surface area contributed by atoms with Crippen molar-refractivity contribution >= 4 is 23.7 Å². The second kappa shape index (κ2) is 10.7. The summed E-state index contributed by atoms with van der Waals surface area (Å²) in [6, 6.07) is -1.22. The highest BCUT2D eigenvalue weighted by atomic mass is 32.2. The van der Waals surface area contributed by atoms with Crippen LogP contribution in [0.1, 0.15) is 57.6 Å². The van der Waals surface area contributed by atoms with E-state index >= 15 is 0 Å². The number of rotatable bonds is 3. The number of phenols is 2. The van der Waals surface area contributed by atoms with Crippen molar-refractivity contribution in [2.45, 2.75) is 68.9 Å². The van der Waals surface area contributed by atoms with Crippen molar-refractivity contribution in [3.8, 4) is 28.7 Å². The minimum absolute atomic E-state index is 0.0272. The van der Waals surface area contributed by atoms with Crippen LogP contribution in [0, 0.1) is 13.8 Å². The number of carbonyl (C=O) groups excluding carboxylic acids is 2. The SMILES string of the molecule is COc1c(C)cc2c(c1O)[C@H]1[C@@H]3[C@@H]4SC[C@H](N)C(=O)OC[C@@H](c5c(O)c(OC)c(C)c(OC(C)=O)c54)N3[C@@H](O)[C@@H](C2)N1C. The largest absolute Gasteiger partial charge is 0.504 e. The molecule has 2 aromatic rings. The third kappa shape index (κ3) is 4.27. The van der Waals surface area contributed by atoms with Gasteiger partial charge in [0.15, 0.2) is 23.0 Å². The highest BCUT2D eigenvalue weighted by molar-refractivity contribution is 7.99. The van der Waals surface area contributed by atoms with Gasteiger partial charge in [0.25, 0.3) is 0 Å². The van der Waals surface area contributed by atoms with E-state index < -0.39 is 47.6 Å². The summed E-state index contributed by atoms with van der Waals surface area (Å²) in [5.41, 5.74) is 9.92. The van der Waals surface area contributed by atoms with Gasteiger partial charge >= 0.3 is 11.9 Å². The van der Waals surface area contributed by atoms with E-state index in [1.54, 1.807) is 6.92 Å². The van der Waals surface area contributed by atoms with E-state index in [-0.39, 0.29) is 41.4 Å². The predicted molar refractivity (Wildman–Crippen MR) is 157 cm³/mol. The van der Waals surface area contributed by atoms with Crippen LogP contribution < -0.4 is 19.9 Å². The molecule has 5 N–H and O–H groups in total. The maximum atomic E-state index is 12.8. The molecular weight excluding hydrogens is 578 g/mol. The van der Waals surface area contributed by atoms with Crippen molar-refractivity contribution < 1.29 is 43.9 Å². The number of esters is 2. The topological polar surface area (TPSA) is 164 Å². The van der Waals surface area contributed by atoms with Crippen LogP contribution in [0.5, 0.6) is 28.7 Å². The number of phenolic OH excluding ortho intramolecular Hbond substituents is 2. The third-order valence-electron chi connectivity index (χ3n) is 9.34. The lowest BCUT2D eigenvalue weighted by Crippen LogP contribution is -2.69. The van der Waals surface area contributed by atoms with Crippen LogP contribution in [0.3, 0.4) is 0 Å². The highest BCUT2D eigenvalue weighted by Gasteiger charge is 2.60. The van der Waals surface area contributed by atoms with Gasteiger partial charge in [0.1, 0.15) is 24.6 Å². The van der Waals surface area contributed by atoms with Gasteiger partial charge in [-0.15, -0.1) is 11.8 Å². The van der Waals surface area contributed by atoms with Crippen molar-refractivity contribution in [3.05, 3.63) is 39.4 Å². The smallest absolute Gasteiger partial charge is 0.323 e. The number of aliphatic hydroxyl groups is 1. The van der Waals surface area contributed by atoms with Crippen molar-refractivity contribution in [2.75, 3.05) is 33.6 Å². The fraction of sp³-hybridized carbons (Fsp3) is 0.533. The van der Waals surface area contributed by atoms with E-state index in [0.717, 1.165) is 11.1 Å². The summed E-state index contributed by atoms with van der Waals surface area (Å²) in [5, 5.41) is 34.9. The zero-order chi connectivity index (χ0) is 31.1. The van der Waals surface area contributed by atoms with E-state index in [9.17, 15) is 24.9 Å². The zero-order valence-corrected chi connectivity index (χ0v) is 25.7. The number of thioether (sulfide) groups is 1. The fourth-order valence-electron chi connectivity index (χ4n) is 7.60. The molecule has 0 aliphatic carbocycles. The van der Waals surface area contributed by atoms with Gasteiger partial charge in [0, 0.05) is 41.0 Å². The molecule has 0 aromatic heterocycles. The average molecular weight is 616 g/mol. The Kier molecular flexibility index (Phi) is 7.45. The molecule has 0 amide bonds. The second-order valence-electron chi connectivity index (χ2n) is 11.6. The van der Waals surface area contributed by atoms with Gasteiger partial charge in [0.2, 0.25) is 0 Å². The fourth-order valence-corrected chi connectivity index (χ4v) is 9.03. The third-order valence-corrected chi connectivity index (χ3v) is 10.8. The molecule has 4 bridgehead atoms. The molecule has 13 heteroatoms. The van der Waals surface area contributed by atoms with Crippen molar-refractivity contribution in [1.82, 2.24) is 9.80 Å². The van der Waals surface area contributed by atoms with E-state index in [1.807, 2.05) is 24.9 Å². The average Bonchev–Trinajstić information content (AvgIpc) is 2.95. The van der Waals surface area contributed by atoms with Crippen LogP contribution in [0.2, 0.25) is 0 Å². The minimum atomic E-state index is -1.05. The molecule has 7 atom stereocenters. The molecule has 2 saturated heterocycles. The number of aromatic hydroxyl groups is 2.